The van der Waals surface area contributed by atoms with E-state index in [2.05, 4.69) is 26.0 Å². The Bertz CT molecular complexity index is 472. The molecule has 2 aromatic rings. The molecule has 0 aliphatic heterocycles. The van der Waals surface area contributed by atoms with Crippen LogP contribution in [0.25, 0.3) is 10.8 Å². The lowest BCUT2D eigenvalue weighted by Crippen LogP contribution is -1.83. The maximum absolute atomic E-state index is 9.94. The molecule has 0 heterocycles. The summed E-state index contributed by atoms with van der Waals surface area (Å²) in [6.07, 6.45) is 0.871. The van der Waals surface area contributed by atoms with Crippen LogP contribution < -0.4 is 0 Å². The highest BCUT2D eigenvalue weighted by Crippen LogP contribution is 2.29. The van der Waals surface area contributed by atoms with Gasteiger partial charge in [0, 0.05) is 5.39 Å². The van der Waals surface area contributed by atoms with Gasteiger partial charge in [0.2, 0.25) is 0 Å². The van der Waals surface area contributed by atoms with Crippen LogP contribution in [0.2, 0.25) is 0 Å². The van der Waals surface area contributed by atoms with Gasteiger partial charge in [-0.25, -0.2) is 0 Å². The van der Waals surface area contributed by atoms with Gasteiger partial charge in [-0.3, -0.25) is 0 Å². The fraction of sp³-hybridized carbons (Fsp3) is 0.231. The van der Waals surface area contributed by atoms with E-state index < -0.39 is 0 Å². The summed E-state index contributed by atoms with van der Waals surface area (Å²) in [5.74, 6) is 0.435. The summed E-state index contributed by atoms with van der Waals surface area (Å²) >= 11 is 0. The van der Waals surface area contributed by atoms with Crippen molar-refractivity contribution in [3.63, 3.8) is 0 Å². The van der Waals surface area contributed by atoms with Crippen molar-refractivity contribution in [2.75, 3.05) is 0 Å². The van der Waals surface area contributed by atoms with Crippen molar-refractivity contribution in [3.8, 4) is 5.75 Å². The number of hydrogen-bond acceptors (Lipinski definition) is 1. The van der Waals surface area contributed by atoms with Gasteiger partial charge in [0.25, 0.3) is 0 Å². The molecule has 0 amide bonds. The normalized spacial score (nSPS) is 10.7. The van der Waals surface area contributed by atoms with Gasteiger partial charge in [0.05, 0.1) is 0 Å². The number of phenolic OH excluding ortho intramolecular Hbond substituents is 1. The zero-order chi connectivity index (χ0) is 10.1. The Balaban J connectivity index is 2.77. The van der Waals surface area contributed by atoms with Crippen molar-refractivity contribution < 1.29 is 5.11 Å². The van der Waals surface area contributed by atoms with Gasteiger partial charge in [-0.2, -0.15) is 0 Å². The molecule has 0 aliphatic carbocycles. The van der Waals surface area contributed by atoms with Crippen LogP contribution in [0.5, 0.6) is 5.75 Å². The second-order valence-electron chi connectivity index (χ2n) is 3.65. The van der Waals surface area contributed by atoms with E-state index in [-0.39, 0.29) is 0 Å². The molecule has 0 radical (unpaired) electrons. The van der Waals surface area contributed by atoms with Crippen molar-refractivity contribution >= 4 is 10.8 Å². The third kappa shape index (κ3) is 1.35. The maximum atomic E-state index is 9.94. The maximum Gasteiger partial charge on any atom is 0.126 e. The van der Waals surface area contributed by atoms with E-state index in [1.807, 2.05) is 18.2 Å². The number of aryl methyl sites for hydroxylation is 2. The zero-order valence-electron chi connectivity index (χ0n) is 8.54. The second-order valence-corrected chi connectivity index (χ2v) is 3.65. The van der Waals surface area contributed by atoms with Crippen LogP contribution in [-0.2, 0) is 6.42 Å². The van der Waals surface area contributed by atoms with Gasteiger partial charge in [-0.15, -0.1) is 0 Å². The van der Waals surface area contributed by atoms with Crippen molar-refractivity contribution in [1.29, 1.82) is 0 Å². The number of rotatable bonds is 1. The Labute approximate surface area is 84.0 Å². The molecule has 0 saturated carbocycles. The van der Waals surface area contributed by atoms with E-state index in [1.54, 1.807) is 0 Å². The van der Waals surface area contributed by atoms with Gasteiger partial charge < -0.3 is 5.11 Å². The first-order valence-electron chi connectivity index (χ1n) is 4.93. The SMILES string of the molecule is CCc1ccc2cc(C)ccc2c1O. The highest BCUT2D eigenvalue weighted by atomic mass is 16.3. The first kappa shape index (κ1) is 9.07. The summed E-state index contributed by atoms with van der Waals surface area (Å²) in [6, 6.07) is 10.2. The van der Waals surface area contributed by atoms with Gasteiger partial charge in [0.15, 0.2) is 0 Å². The first-order chi connectivity index (χ1) is 6.72. The summed E-state index contributed by atoms with van der Waals surface area (Å²) in [5, 5.41) is 12.0. The molecule has 0 aromatic heterocycles. The fourth-order valence-corrected chi connectivity index (χ4v) is 1.76. The number of phenols is 1. The van der Waals surface area contributed by atoms with Crippen LogP contribution in [0.4, 0.5) is 0 Å². The van der Waals surface area contributed by atoms with E-state index in [0.717, 1.165) is 22.8 Å². The van der Waals surface area contributed by atoms with Gasteiger partial charge in [-0.05, 0) is 24.3 Å². The molecule has 0 atom stereocenters. The number of fused-ring (bicyclic) bond motifs is 1. The third-order valence-electron chi connectivity index (χ3n) is 2.61. The van der Waals surface area contributed by atoms with Crippen molar-refractivity contribution in [2.24, 2.45) is 0 Å². The molecule has 2 rings (SSSR count). The third-order valence-corrected chi connectivity index (χ3v) is 2.61. The van der Waals surface area contributed by atoms with Crippen molar-refractivity contribution in [2.45, 2.75) is 20.3 Å². The van der Waals surface area contributed by atoms with Crippen LogP contribution >= 0.6 is 0 Å². The lowest BCUT2D eigenvalue weighted by atomic mass is 10.0. The molecular weight excluding hydrogens is 172 g/mol. The average molecular weight is 186 g/mol. The standard InChI is InChI=1S/C13H14O/c1-3-10-5-6-11-8-9(2)4-7-12(11)13(10)14/h4-8,14H,3H2,1-2H3. The lowest BCUT2D eigenvalue weighted by Gasteiger charge is -2.06. The van der Waals surface area contributed by atoms with E-state index in [9.17, 15) is 5.11 Å². The minimum atomic E-state index is 0.435. The number of benzene rings is 2. The summed E-state index contributed by atoms with van der Waals surface area (Å²) in [5.41, 5.74) is 2.24. The van der Waals surface area contributed by atoms with Crippen LogP contribution in [-0.4, -0.2) is 5.11 Å². The smallest absolute Gasteiger partial charge is 0.126 e. The first-order valence-corrected chi connectivity index (χ1v) is 4.93. The lowest BCUT2D eigenvalue weighted by molar-refractivity contribution is 0.475. The van der Waals surface area contributed by atoms with E-state index >= 15 is 0 Å². The molecule has 14 heavy (non-hydrogen) atoms. The second kappa shape index (κ2) is 3.33. The van der Waals surface area contributed by atoms with E-state index in [4.69, 9.17) is 0 Å². The van der Waals surface area contributed by atoms with E-state index in [0.29, 0.717) is 5.75 Å². The predicted molar refractivity (Wildman–Crippen MR) is 59.7 cm³/mol. The minimum absolute atomic E-state index is 0.435. The van der Waals surface area contributed by atoms with Crippen LogP contribution in [0.15, 0.2) is 30.3 Å². The summed E-state index contributed by atoms with van der Waals surface area (Å²) < 4.78 is 0. The average Bonchev–Trinajstić information content (AvgIpc) is 2.18. The zero-order valence-corrected chi connectivity index (χ0v) is 8.54. The van der Waals surface area contributed by atoms with Gasteiger partial charge >= 0.3 is 0 Å². The van der Waals surface area contributed by atoms with E-state index in [1.165, 1.54) is 5.56 Å². The molecule has 0 spiro atoms. The molecule has 0 saturated heterocycles. The molecule has 72 valence electrons. The Hall–Kier alpha value is -1.50. The monoisotopic (exact) mass is 186 g/mol. The van der Waals surface area contributed by atoms with Gasteiger partial charge in [0.1, 0.15) is 5.75 Å². The molecule has 0 fully saturated rings. The predicted octanol–water partition coefficient (Wildman–Crippen LogP) is 3.42. The van der Waals surface area contributed by atoms with Gasteiger partial charge in [-0.1, -0.05) is 42.8 Å². The molecular formula is C13H14O. The molecule has 1 N–H and O–H groups in total. The largest absolute Gasteiger partial charge is 0.507 e. The number of aromatic hydroxyl groups is 1. The Morgan fingerprint density at radius 1 is 1.14 bits per heavy atom. The highest BCUT2D eigenvalue weighted by molar-refractivity contribution is 5.89. The molecule has 0 unspecified atom stereocenters. The highest BCUT2D eigenvalue weighted by Gasteiger charge is 2.04. The molecule has 0 aliphatic rings. The summed E-state index contributed by atoms with van der Waals surface area (Å²) in [6.45, 7) is 4.11. The summed E-state index contributed by atoms with van der Waals surface area (Å²) in [7, 11) is 0. The van der Waals surface area contributed by atoms with Crippen LogP contribution in [0.1, 0.15) is 18.1 Å². The van der Waals surface area contributed by atoms with Crippen LogP contribution in [0, 0.1) is 6.92 Å². The molecule has 0 bridgehead atoms. The van der Waals surface area contributed by atoms with Crippen molar-refractivity contribution in [3.05, 3.63) is 41.5 Å². The minimum Gasteiger partial charge on any atom is -0.507 e. The topological polar surface area (TPSA) is 20.2 Å². The van der Waals surface area contributed by atoms with Crippen molar-refractivity contribution in [1.82, 2.24) is 0 Å². The Kier molecular flexibility index (Phi) is 2.16. The summed E-state index contributed by atoms with van der Waals surface area (Å²) in [4.78, 5) is 0. The Morgan fingerprint density at radius 3 is 2.64 bits per heavy atom. The van der Waals surface area contributed by atoms with Crippen LogP contribution in [0.3, 0.4) is 0 Å². The molecule has 2 aromatic carbocycles. The molecule has 1 heteroatoms. The molecule has 1 nitrogen and oxygen atoms in total. The Morgan fingerprint density at radius 2 is 1.93 bits per heavy atom. The fourth-order valence-electron chi connectivity index (χ4n) is 1.76. The number of hydrogen-bond donors (Lipinski definition) is 1. The quantitative estimate of drug-likeness (QED) is 0.723.